The van der Waals surface area contributed by atoms with Gasteiger partial charge in [0.2, 0.25) is 0 Å². The Morgan fingerprint density at radius 1 is 0.659 bits per heavy atom. The quantitative estimate of drug-likeness (QED) is 0.221. The lowest BCUT2D eigenvalue weighted by Crippen LogP contribution is -2.19. The molecule has 5 aromatic carbocycles. The molecule has 198 valence electrons. The van der Waals surface area contributed by atoms with Crippen molar-refractivity contribution in [1.29, 1.82) is 0 Å². The number of rotatable bonds is 4. The third-order valence-electron chi connectivity index (χ3n) is 8.99. The Morgan fingerprint density at radius 3 is 2.27 bits per heavy atom. The zero-order chi connectivity index (χ0) is 27.6. The third-order valence-corrected chi connectivity index (χ3v) is 8.99. The molecule has 2 aliphatic carbocycles. The average molecular weight is 529 g/mol. The molecular formula is C39H32N2. The molecule has 2 nitrogen and oxygen atoms in total. The van der Waals surface area contributed by atoms with Crippen LogP contribution < -0.4 is 4.90 Å². The van der Waals surface area contributed by atoms with Crippen molar-refractivity contribution in [1.82, 2.24) is 4.57 Å². The summed E-state index contributed by atoms with van der Waals surface area (Å²) in [6, 6.07) is 42.3. The van der Waals surface area contributed by atoms with Crippen molar-refractivity contribution in [2.75, 3.05) is 4.90 Å². The molecule has 0 radical (unpaired) electrons. The maximum Gasteiger partial charge on any atom is 0.0782 e. The highest BCUT2D eigenvalue weighted by Gasteiger charge is 2.36. The average Bonchev–Trinajstić information content (AvgIpc) is 3.48. The van der Waals surface area contributed by atoms with E-state index in [1.54, 1.807) is 0 Å². The summed E-state index contributed by atoms with van der Waals surface area (Å²) in [6.07, 6.45) is 9.12. The second-order valence-electron chi connectivity index (χ2n) is 11.7. The summed E-state index contributed by atoms with van der Waals surface area (Å²) in [5, 5.41) is 2.54. The highest BCUT2D eigenvalue weighted by molar-refractivity contribution is 6.14. The summed E-state index contributed by atoms with van der Waals surface area (Å²) in [6.45, 7) is 4.72. The van der Waals surface area contributed by atoms with E-state index in [1.807, 2.05) is 0 Å². The van der Waals surface area contributed by atoms with Gasteiger partial charge in [-0.2, -0.15) is 0 Å². The summed E-state index contributed by atoms with van der Waals surface area (Å²) in [5.74, 6) is 0. The smallest absolute Gasteiger partial charge is 0.0782 e. The van der Waals surface area contributed by atoms with E-state index in [1.165, 1.54) is 66.8 Å². The summed E-state index contributed by atoms with van der Waals surface area (Å²) >= 11 is 0. The van der Waals surface area contributed by atoms with Crippen molar-refractivity contribution in [3.05, 3.63) is 150 Å². The molecule has 0 bridgehead atoms. The van der Waals surface area contributed by atoms with Crippen molar-refractivity contribution >= 4 is 33.2 Å². The third kappa shape index (κ3) is 3.57. The van der Waals surface area contributed by atoms with Gasteiger partial charge in [0, 0.05) is 33.3 Å². The van der Waals surface area contributed by atoms with Crippen molar-refractivity contribution in [3.63, 3.8) is 0 Å². The Balaban J connectivity index is 1.43. The number of fused-ring (bicyclic) bond motifs is 6. The minimum absolute atomic E-state index is 0.0602. The lowest BCUT2D eigenvalue weighted by molar-refractivity contribution is 0.660. The molecule has 0 atom stereocenters. The number of hydrogen-bond acceptors (Lipinski definition) is 1. The molecule has 0 saturated heterocycles. The molecular weight excluding hydrogens is 496 g/mol. The number of allylic oxidation sites excluding steroid dienone is 3. The summed E-state index contributed by atoms with van der Waals surface area (Å²) in [4.78, 5) is 2.48. The fourth-order valence-electron chi connectivity index (χ4n) is 7.05. The molecule has 0 unspecified atom stereocenters. The van der Waals surface area contributed by atoms with E-state index in [9.17, 15) is 0 Å². The van der Waals surface area contributed by atoms with E-state index in [2.05, 4.69) is 157 Å². The first-order chi connectivity index (χ1) is 20.1. The summed E-state index contributed by atoms with van der Waals surface area (Å²) in [5.41, 5.74) is 12.7. The number of benzene rings is 5. The maximum atomic E-state index is 2.48. The van der Waals surface area contributed by atoms with Crippen LogP contribution in [0.1, 0.15) is 37.8 Å². The number of hydrogen-bond donors (Lipinski definition) is 0. The molecule has 2 aliphatic rings. The van der Waals surface area contributed by atoms with E-state index in [0.29, 0.717) is 0 Å². The Bertz CT molecular complexity index is 2020. The number of anilines is 2. The SMILES string of the molecule is CC1(C)c2ccccc2-c2ccc(N(C3=CCCC=C3)c3cccc4c5ccccc5n(-c5ccccc5)c34)cc21. The van der Waals surface area contributed by atoms with Gasteiger partial charge < -0.3 is 9.47 Å². The topological polar surface area (TPSA) is 8.17 Å². The number of para-hydroxylation sites is 3. The van der Waals surface area contributed by atoms with E-state index in [4.69, 9.17) is 0 Å². The molecule has 0 aliphatic heterocycles. The van der Waals surface area contributed by atoms with E-state index < -0.39 is 0 Å². The Kier molecular flexibility index (Phi) is 5.33. The standard InChI is InChI=1S/C39H32N2/c1-39(2)34-21-11-9-18-30(34)31-25-24-29(26-35(31)39)40(27-14-5-3-6-15-27)37-23-13-20-33-32-19-10-12-22-36(32)41(38(33)37)28-16-7-4-8-17-28/h4-5,7-26H,3,6H2,1-2H3. The van der Waals surface area contributed by atoms with E-state index in [0.717, 1.165) is 12.8 Å². The van der Waals surface area contributed by atoms with Gasteiger partial charge in [-0.15, -0.1) is 0 Å². The fraction of sp³-hybridized carbons (Fsp3) is 0.128. The zero-order valence-corrected chi connectivity index (χ0v) is 23.5. The van der Waals surface area contributed by atoms with Crippen LogP contribution in [0, 0.1) is 0 Å². The van der Waals surface area contributed by atoms with Crippen LogP contribution in [-0.4, -0.2) is 4.57 Å². The lowest BCUT2D eigenvalue weighted by atomic mass is 9.82. The van der Waals surface area contributed by atoms with Crippen LogP contribution in [0.2, 0.25) is 0 Å². The highest BCUT2D eigenvalue weighted by Crippen LogP contribution is 2.51. The molecule has 6 aromatic rings. The molecule has 8 rings (SSSR count). The second-order valence-corrected chi connectivity index (χ2v) is 11.7. The predicted molar refractivity (Wildman–Crippen MR) is 173 cm³/mol. The van der Waals surface area contributed by atoms with E-state index >= 15 is 0 Å². The normalized spacial score (nSPS) is 15.1. The van der Waals surface area contributed by atoms with Gasteiger partial charge in [0.1, 0.15) is 0 Å². The van der Waals surface area contributed by atoms with Gasteiger partial charge in [0.05, 0.1) is 16.7 Å². The maximum absolute atomic E-state index is 2.48. The summed E-state index contributed by atoms with van der Waals surface area (Å²) < 4.78 is 2.44. The van der Waals surface area contributed by atoms with Gasteiger partial charge in [-0.3, -0.25) is 0 Å². The fourth-order valence-corrected chi connectivity index (χ4v) is 7.05. The van der Waals surface area contributed by atoms with Gasteiger partial charge in [-0.25, -0.2) is 0 Å². The lowest BCUT2D eigenvalue weighted by Gasteiger charge is -2.30. The van der Waals surface area contributed by atoms with Crippen molar-refractivity contribution < 1.29 is 0 Å². The minimum atomic E-state index is -0.0602. The number of nitrogens with zero attached hydrogens (tertiary/aromatic N) is 2. The molecule has 1 aromatic heterocycles. The summed E-state index contributed by atoms with van der Waals surface area (Å²) in [7, 11) is 0. The minimum Gasteiger partial charge on any atom is -0.309 e. The molecule has 2 heteroatoms. The molecule has 0 fully saturated rings. The number of aromatic nitrogens is 1. The Morgan fingerprint density at radius 2 is 1.41 bits per heavy atom. The zero-order valence-electron chi connectivity index (χ0n) is 23.5. The predicted octanol–water partition coefficient (Wildman–Crippen LogP) is 10.5. The molecule has 0 spiro atoms. The second kappa shape index (κ2) is 9.11. The van der Waals surface area contributed by atoms with Crippen LogP contribution in [0.15, 0.2) is 139 Å². The van der Waals surface area contributed by atoms with Crippen LogP contribution in [0.3, 0.4) is 0 Å². The van der Waals surface area contributed by atoms with Gasteiger partial charge in [0.15, 0.2) is 0 Å². The van der Waals surface area contributed by atoms with Gasteiger partial charge in [0.25, 0.3) is 0 Å². The molecule has 41 heavy (non-hydrogen) atoms. The molecule has 0 amide bonds. The molecule has 0 saturated carbocycles. The van der Waals surface area contributed by atoms with Gasteiger partial charge >= 0.3 is 0 Å². The first-order valence-corrected chi connectivity index (χ1v) is 14.6. The van der Waals surface area contributed by atoms with Crippen molar-refractivity contribution in [2.24, 2.45) is 0 Å². The Hall–Kier alpha value is -4.82. The first-order valence-electron chi connectivity index (χ1n) is 14.6. The van der Waals surface area contributed by atoms with Crippen LogP contribution in [0.5, 0.6) is 0 Å². The molecule has 0 N–H and O–H groups in total. The van der Waals surface area contributed by atoms with E-state index in [-0.39, 0.29) is 5.41 Å². The van der Waals surface area contributed by atoms with Crippen LogP contribution in [-0.2, 0) is 5.41 Å². The highest BCUT2D eigenvalue weighted by atomic mass is 15.2. The first kappa shape index (κ1) is 24.0. The van der Waals surface area contributed by atoms with Crippen LogP contribution >= 0.6 is 0 Å². The van der Waals surface area contributed by atoms with Crippen LogP contribution in [0.25, 0.3) is 38.6 Å². The Labute approximate surface area is 241 Å². The van der Waals surface area contributed by atoms with Crippen molar-refractivity contribution in [3.8, 4) is 16.8 Å². The monoisotopic (exact) mass is 528 g/mol. The van der Waals surface area contributed by atoms with Gasteiger partial charge in [-0.05, 0) is 77.6 Å². The van der Waals surface area contributed by atoms with Crippen molar-refractivity contribution in [2.45, 2.75) is 32.1 Å². The molecule has 1 heterocycles. The van der Waals surface area contributed by atoms with Gasteiger partial charge in [-0.1, -0.05) is 105 Å². The van der Waals surface area contributed by atoms with Crippen LogP contribution in [0.4, 0.5) is 11.4 Å². The largest absolute Gasteiger partial charge is 0.309 e.